The SMILES string of the molecule is CN1CCCC(CS(=O)(=O)c2ccc(Nc3nc(N)c(C(=O)c4c(Cl)cccc4Cl)s3)cc2)C1. The second-order valence-corrected chi connectivity index (χ2v) is 12.2. The molecule has 4 rings (SSSR count). The van der Waals surface area contributed by atoms with Gasteiger partial charge in [-0.25, -0.2) is 13.4 Å². The Kier molecular flexibility index (Phi) is 7.49. The van der Waals surface area contributed by atoms with E-state index in [2.05, 4.69) is 15.2 Å². The molecule has 0 amide bonds. The lowest BCUT2D eigenvalue weighted by Gasteiger charge is -2.29. The van der Waals surface area contributed by atoms with Crippen molar-refractivity contribution >= 4 is 66.8 Å². The van der Waals surface area contributed by atoms with Crippen molar-refractivity contribution in [2.45, 2.75) is 17.7 Å². The zero-order valence-corrected chi connectivity index (χ0v) is 21.6. The number of anilines is 3. The topological polar surface area (TPSA) is 105 Å². The van der Waals surface area contributed by atoms with Gasteiger partial charge < -0.3 is 16.0 Å². The molecule has 11 heteroatoms. The molecule has 1 atom stereocenters. The molecule has 1 aliphatic heterocycles. The smallest absolute Gasteiger partial charge is 0.209 e. The molecule has 1 fully saturated rings. The van der Waals surface area contributed by atoms with Gasteiger partial charge in [-0.1, -0.05) is 40.6 Å². The second-order valence-electron chi connectivity index (χ2n) is 8.36. The van der Waals surface area contributed by atoms with E-state index in [1.807, 2.05) is 7.05 Å². The van der Waals surface area contributed by atoms with Crippen LogP contribution < -0.4 is 11.1 Å². The minimum absolute atomic E-state index is 0.0603. The van der Waals surface area contributed by atoms with Gasteiger partial charge in [0, 0.05) is 12.2 Å². The number of nitrogens with two attached hydrogens (primary N) is 1. The number of likely N-dealkylation sites (tertiary alicyclic amines) is 1. The number of benzene rings is 2. The summed E-state index contributed by atoms with van der Waals surface area (Å²) in [6.45, 7) is 1.81. The van der Waals surface area contributed by atoms with Crippen molar-refractivity contribution < 1.29 is 13.2 Å². The molecule has 0 aliphatic carbocycles. The Morgan fingerprint density at radius 2 is 1.88 bits per heavy atom. The van der Waals surface area contributed by atoms with Crippen LogP contribution in [0.4, 0.5) is 16.6 Å². The van der Waals surface area contributed by atoms with Crippen LogP contribution in [0.3, 0.4) is 0 Å². The zero-order chi connectivity index (χ0) is 24.5. The number of thiazole rings is 1. The summed E-state index contributed by atoms with van der Waals surface area (Å²) >= 11 is 13.4. The average Bonchev–Trinajstić information content (AvgIpc) is 3.13. The van der Waals surface area contributed by atoms with Crippen LogP contribution in [0.1, 0.15) is 28.1 Å². The Bertz CT molecular complexity index is 1290. The third kappa shape index (κ3) is 5.55. The van der Waals surface area contributed by atoms with Gasteiger partial charge >= 0.3 is 0 Å². The number of nitrogens with zero attached hydrogens (tertiary/aromatic N) is 2. The molecular weight excluding hydrogens is 515 g/mol. The van der Waals surface area contributed by atoms with Crippen molar-refractivity contribution in [3.05, 3.63) is 63.0 Å². The average molecular weight is 540 g/mol. The molecule has 1 saturated heterocycles. The number of piperidine rings is 1. The fraction of sp³-hybridized carbons (Fsp3) is 0.304. The van der Waals surface area contributed by atoms with Gasteiger partial charge in [0.05, 0.1) is 26.3 Å². The first-order valence-corrected chi connectivity index (χ1v) is 13.9. The number of nitrogen functional groups attached to an aromatic ring is 1. The fourth-order valence-corrected chi connectivity index (χ4v) is 7.12. The van der Waals surface area contributed by atoms with E-state index in [1.165, 1.54) is 0 Å². The summed E-state index contributed by atoms with van der Waals surface area (Å²) in [5, 5.41) is 3.93. The van der Waals surface area contributed by atoms with Gasteiger partial charge in [0.25, 0.3) is 0 Å². The Hall–Kier alpha value is -2.17. The Labute approximate surface area is 212 Å². The van der Waals surface area contributed by atoms with E-state index in [4.69, 9.17) is 28.9 Å². The standard InChI is InChI=1S/C23H24Cl2N4O3S2/c1-29-11-3-4-14(12-29)13-34(31,32)16-9-7-15(8-10-16)27-23-28-22(26)21(33-23)20(30)19-17(24)5-2-6-18(19)25/h2,5-10,14H,3-4,11-13,26H2,1H3,(H,27,28). The first-order valence-electron chi connectivity index (χ1n) is 10.7. The molecule has 2 aromatic carbocycles. The maximum absolute atomic E-state index is 12.9. The van der Waals surface area contributed by atoms with Gasteiger partial charge in [-0.3, -0.25) is 4.79 Å². The van der Waals surface area contributed by atoms with Crippen molar-refractivity contribution in [3.63, 3.8) is 0 Å². The lowest BCUT2D eigenvalue weighted by Crippen LogP contribution is -2.35. The van der Waals surface area contributed by atoms with Crippen LogP contribution in [-0.2, 0) is 9.84 Å². The number of aromatic nitrogens is 1. The highest BCUT2D eigenvalue weighted by Crippen LogP contribution is 2.34. The molecule has 1 aromatic heterocycles. The maximum atomic E-state index is 12.9. The summed E-state index contributed by atoms with van der Waals surface area (Å²) in [6, 6.07) is 11.3. The first-order chi connectivity index (χ1) is 16.1. The molecule has 0 saturated carbocycles. The quantitative estimate of drug-likeness (QED) is 0.402. The number of sulfone groups is 1. The number of rotatable bonds is 7. The van der Waals surface area contributed by atoms with Crippen molar-refractivity contribution in [2.24, 2.45) is 5.92 Å². The predicted molar refractivity (Wildman–Crippen MR) is 138 cm³/mol. The summed E-state index contributed by atoms with van der Waals surface area (Å²) in [6.07, 6.45) is 1.94. The van der Waals surface area contributed by atoms with Gasteiger partial charge in [0.2, 0.25) is 5.78 Å². The van der Waals surface area contributed by atoms with Crippen LogP contribution in [0.2, 0.25) is 10.0 Å². The number of carbonyl (C=O) groups excluding carboxylic acids is 1. The monoisotopic (exact) mass is 538 g/mol. The molecule has 34 heavy (non-hydrogen) atoms. The first kappa shape index (κ1) is 24.9. The minimum Gasteiger partial charge on any atom is -0.382 e. The van der Waals surface area contributed by atoms with E-state index in [-0.39, 0.29) is 42.9 Å². The molecule has 180 valence electrons. The van der Waals surface area contributed by atoms with E-state index in [1.54, 1.807) is 42.5 Å². The Morgan fingerprint density at radius 1 is 1.21 bits per heavy atom. The van der Waals surface area contributed by atoms with Crippen LogP contribution in [-0.4, -0.2) is 50.0 Å². The third-order valence-electron chi connectivity index (χ3n) is 5.69. The Morgan fingerprint density at radius 3 is 2.53 bits per heavy atom. The second kappa shape index (κ2) is 10.2. The largest absolute Gasteiger partial charge is 0.382 e. The number of halogens is 2. The number of hydrogen-bond acceptors (Lipinski definition) is 8. The van der Waals surface area contributed by atoms with Crippen LogP contribution in [0.5, 0.6) is 0 Å². The Balaban J connectivity index is 1.47. The molecule has 2 heterocycles. The molecule has 7 nitrogen and oxygen atoms in total. The van der Waals surface area contributed by atoms with E-state index in [9.17, 15) is 13.2 Å². The highest BCUT2D eigenvalue weighted by Gasteiger charge is 2.25. The van der Waals surface area contributed by atoms with E-state index < -0.39 is 15.6 Å². The van der Waals surface area contributed by atoms with Crippen molar-refractivity contribution in [2.75, 3.05) is 36.9 Å². The highest BCUT2D eigenvalue weighted by atomic mass is 35.5. The molecule has 1 unspecified atom stereocenters. The fourth-order valence-electron chi connectivity index (χ4n) is 4.06. The van der Waals surface area contributed by atoms with Gasteiger partial charge in [-0.2, -0.15) is 0 Å². The normalized spacial score (nSPS) is 17.0. The van der Waals surface area contributed by atoms with Gasteiger partial charge in [0.15, 0.2) is 15.0 Å². The molecular formula is C23H24Cl2N4O3S2. The summed E-state index contributed by atoms with van der Waals surface area (Å²) in [4.78, 5) is 19.8. The van der Waals surface area contributed by atoms with Crippen molar-refractivity contribution in [1.29, 1.82) is 0 Å². The lowest BCUT2D eigenvalue weighted by molar-refractivity contribution is 0.104. The summed E-state index contributed by atoms with van der Waals surface area (Å²) in [5.74, 6) is -0.0653. The number of hydrogen-bond donors (Lipinski definition) is 2. The summed E-state index contributed by atoms with van der Waals surface area (Å²) in [7, 11) is -1.36. The van der Waals surface area contributed by atoms with Gasteiger partial charge in [-0.05, 0) is 68.8 Å². The molecule has 3 N–H and O–H groups in total. The zero-order valence-electron chi connectivity index (χ0n) is 18.4. The summed E-state index contributed by atoms with van der Waals surface area (Å²) in [5.41, 5.74) is 6.78. The van der Waals surface area contributed by atoms with Crippen LogP contribution >= 0.6 is 34.5 Å². The highest BCUT2D eigenvalue weighted by molar-refractivity contribution is 7.91. The molecule has 3 aromatic rings. The van der Waals surface area contributed by atoms with E-state index in [0.717, 1.165) is 37.3 Å². The van der Waals surface area contributed by atoms with Crippen molar-refractivity contribution in [3.8, 4) is 0 Å². The number of carbonyl (C=O) groups is 1. The predicted octanol–water partition coefficient (Wildman–Crippen LogP) is 5.12. The van der Waals surface area contributed by atoms with Crippen LogP contribution in [0.15, 0.2) is 47.4 Å². The third-order valence-corrected chi connectivity index (χ3v) is 9.21. The molecule has 0 radical (unpaired) electrons. The van der Waals surface area contributed by atoms with E-state index >= 15 is 0 Å². The van der Waals surface area contributed by atoms with Crippen LogP contribution in [0, 0.1) is 5.92 Å². The van der Waals surface area contributed by atoms with Crippen LogP contribution in [0.25, 0.3) is 0 Å². The van der Waals surface area contributed by atoms with Gasteiger partial charge in [0.1, 0.15) is 10.7 Å². The number of nitrogens with one attached hydrogen (secondary N) is 1. The van der Waals surface area contributed by atoms with Crippen molar-refractivity contribution in [1.82, 2.24) is 9.88 Å². The molecule has 0 bridgehead atoms. The minimum atomic E-state index is -3.38. The summed E-state index contributed by atoms with van der Waals surface area (Å²) < 4.78 is 25.7. The number of ketones is 1. The van der Waals surface area contributed by atoms with E-state index in [0.29, 0.717) is 10.8 Å². The van der Waals surface area contributed by atoms with Gasteiger partial charge in [-0.15, -0.1) is 0 Å². The lowest BCUT2D eigenvalue weighted by atomic mass is 10.0. The molecule has 1 aliphatic rings. The molecule has 0 spiro atoms. The maximum Gasteiger partial charge on any atom is 0.209 e.